The second kappa shape index (κ2) is 6.12. The van der Waals surface area contributed by atoms with E-state index in [0.717, 1.165) is 18.6 Å². The summed E-state index contributed by atoms with van der Waals surface area (Å²) in [5, 5.41) is 0. The number of aryl methyl sites for hydroxylation is 1. The number of nitrogen functional groups attached to an aromatic ring is 1. The maximum atomic E-state index is 5.77. The van der Waals surface area contributed by atoms with Crippen LogP contribution in [0.15, 0.2) is 30.3 Å². The van der Waals surface area contributed by atoms with Crippen LogP contribution in [0.1, 0.15) is 45.5 Å². The molecule has 0 unspecified atom stereocenters. The van der Waals surface area contributed by atoms with Crippen LogP contribution < -0.4 is 10.5 Å². The van der Waals surface area contributed by atoms with Crippen molar-refractivity contribution >= 4 is 5.82 Å². The van der Waals surface area contributed by atoms with Gasteiger partial charge in [-0.15, -0.1) is 0 Å². The number of benzene rings is 1. The minimum absolute atomic E-state index is 0.174. The maximum Gasteiger partial charge on any atom is 0.224 e. The molecular weight excluding hydrogens is 262 g/mol. The van der Waals surface area contributed by atoms with E-state index in [1.54, 1.807) is 6.07 Å². The zero-order valence-corrected chi connectivity index (χ0v) is 13.2. The van der Waals surface area contributed by atoms with Crippen LogP contribution in [0.25, 0.3) is 0 Å². The number of ether oxygens (including phenoxy) is 1. The Morgan fingerprint density at radius 1 is 1.10 bits per heavy atom. The molecule has 2 aromatic rings. The van der Waals surface area contributed by atoms with Crippen LogP contribution in [0.4, 0.5) is 5.82 Å². The zero-order chi connectivity index (χ0) is 15.5. The van der Waals surface area contributed by atoms with E-state index in [4.69, 9.17) is 10.5 Å². The second-order valence-corrected chi connectivity index (χ2v) is 5.76. The van der Waals surface area contributed by atoms with E-state index in [0.29, 0.717) is 17.5 Å². The summed E-state index contributed by atoms with van der Waals surface area (Å²) in [6.45, 7) is 8.66. The first kappa shape index (κ1) is 15.3. The summed E-state index contributed by atoms with van der Waals surface area (Å²) in [7, 11) is 0. The molecule has 0 aliphatic heterocycles. The predicted octanol–water partition coefficient (Wildman–Crippen LogP) is 4.10. The highest BCUT2D eigenvalue weighted by Gasteiger charge is 2.17. The first-order valence-corrected chi connectivity index (χ1v) is 7.36. The van der Waals surface area contributed by atoms with Gasteiger partial charge in [0, 0.05) is 12.5 Å². The molecule has 0 amide bonds. The molecule has 4 nitrogen and oxygen atoms in total. The fourth-order valence-electron chi connectivity index (χ4n) is 2.00. The van der Waals surface area contributed by atoms with E-state index in [9.17, 15) is 0 Å². The van der Waals surface area contributed by atoms with E-state index in [-0.39, 0.29) is 5.41 Å². The van der Waals surface area contributed by atoms with Crippen molar-refractivity contribution in [1.29, 1.82) is 0 Å². The highest BCUT2D eigenvalue weighted by molar-refractivity contribution is 5.37. The molecule has 0 saturated carbocycles. The number of aromatic nitrogens is 2. The molecule has 1 aromatic carbocycles. The van der Waals surface area contributed by atoms with Crippen LogP contribution >= 0.6 is 0 Å². The van der Waals surface area contributed by atoms with Crippen LogP contribution in [-0.4, -0.2) is 9.97 Å². The van der Waals surface area contributed by atoms with Gasteiger partial charge in [-0.3, -0.25) is 0 Å². The number of hydrogen-bond donors (Lipinski definition) is 1. The molecular formula is C17H23N3O. The van der Waals surface area contributed by atoms with Gasteiger partial charge in [0.15, 0.2) is 0 Å². The SMILES string of the molecule is CCc1nc(N)cc(Oc2ccc(C(C)(C)CC)cc2)n1. The standard InChI is InChI=1S/C17H23N3O/c1-5-15-19-14(18)11-16(20-15)21-13-9-7-12(8-10-13)17(3,4)6-2/h7-11H,5-6H2,1-4H3,(H2,18,19,20). The fourth-order valence-corrected chi connectivity index (χ4v) is 2.00. The maximum absolute atomic E-state index is 5.77. The third-order valence-corrected chi connectivity index (χ3v) is 3.83. The summed E-state index contributed by atoms with van der Waals surface area (Å²) in [5.41, 5.74) is 7.23. The summed E-state index contributed by atoms with van der Waals surface area (Å²) in [6.07, 6.45) is 1.82. The molecule has 2 N–H and O–H groups in total. The quantitative estimate of drug-likeness (QED) is 0.898. The Morgan fingerprint density at radius 2 is 1.76 bits per heavy atom. The van der Waals surface area contributed by atoms with Gasteiger partial charge in [-0.25, -0.2) is 4.98 Å². The lowest BCUT2D eigenvalue weighted by Gasteiger charge is -2.23. The molecule has 0 fully saturated rings. The Balaban J connectivity index is 2.19. The Morgan fingerprint density at radius 3 is 2.33 bits per heavy atom. The van der Waals surface area contributed by atoms with Gasteiger partial charge in [0.25, 0.3) is 0 Å². The summed E-state index contributed by atoms with van der Waals surface area (Å²) < 4.78 is 5.77. The van der Waals surface area contributed by atoms with E-state index in [1.165, 1.54) is 5.56 Å². The van der Waals surface area contributed by atoms with Gasteiger partial charge >= 0.3 is 0 Å². The first-order valence-electron chi connectivity index (χ1n) is 7.36. The van der Waals surface area contributed by atoms with Crippen LogP contribution in [0.5, 0.6) is 11.6 Å². The molecule has 0 radical (unpaired) electrons. The normalized spacial score (nSPS) is 11.4. The third kappa shape index (κ3) is 3.72. The van der Waals surface area contributed by atoms with Gasteiger partial charge in [0.05, 0.1) is 0 Å². The molecule has 0 spiro atoms. The average Bonchev–Trinajstić information content (AvgIpc) is 2.47. The van der Waals surface area contributed by atoms with Crippen molar-refractivity contribution in [3.63, 3.8) is 0 Å². The Hall–Kier alpha value is -2.10. The molecule has 1 heterocycles. The molecule has 0 saturated heterocycles. The van der Waals surface area contributed by atoms with Gasteiger partial charge < -0.3 is 10.5 Å². The third-order valence-electron chi connectivity index (χ3n) is 3.83. The largest absolute Gasteiger partial charge is 0.439 e. The van der Waals surface area contributed by atoms with Crippen LogP contribution in [0.2, 0.25) is 0 Å². The number of nitrogens with zero attached hydrogens (tertiary/aromatic N) is 2. The van der Waals surface area contributed by atoms with E-state index in [2.05, 4.69) is 42.9 Å². The number of anilines is 1. The van der Waals surface area contributed by atoms with Crippen molar-refractivity contribution in [1.82, 2.24) is 9.97 Å². The molecule has 0 aliphatic carbocycles. The van der Waals surface area contributed by atoms with Gasteiger partial charge in [-0.05, 0) is 29.5 Å². The minimum Gasteiger partial charge on any atom is -0.439 e. The Bertz CT molecular complexity index is 606. The van der Waals surface area contributed by atoms with E-state index < -0.39 is 0 Å². The lowest BCUT2D eigenvalue weighted by atomic mass is 9.82. The molecule has 4 heteroatoms. The molecule has 0 atom stereocenters. The molecule has 21 heavy (non-hydrogen) atoms. The number of rotatable bonds is 5. The van der Waals surface area contributed by atoms with Crippen molar-refractivity contribution < 1.29 is 4.74 Å². The molecule has 0 aliphatic rings. The second-order valence-electron chi connectivity index (χ2n) is 5.76. The number of hydrogen-bond acceptors (Lipinski definition) is 4. The summed E-state index contributed by atoms with van der Waals surface area (Å²) in [6, 6.07) is 9.78. The van der Waals surface area contributed by atoms with Gasteiger partial charge in [0.1, 0.15) is 17.4 Å². The average molecular weight is 285 g/mol. The first-order chi connectivity index (χ1) is 9.94. The Labute approximate surface area is 126 Å². The minimum atomic E-state index is 0.174. The van der Waals surface area contributed by atoms with Crippen LogP contribution in [0, 0.1) is 0 Å². The van der Waals surface area contributed by atoms with E-state index >= 15 is 0 Å². The van der Waals surface area contributed by atoms with Crippen molar-refractivity contribution in [3.05, 3.63) is 41.7 Å². The van der Waals surface area contributed by atoms with E-state index in [1.807, 2.05) is 19.1 Å². The summed E-state index contributed by atoms with van der Waals surface area (Å²) in [4.78, 5) is 8.46. The molecule has 1 aromatic heterocycles. The summed E-state index contributed by atoms with van der Waals surface area (Å²) in [5.74, 6) is 2.36. The van der Waals surface area contributed by atoms with Crippen molar-refractivity contribution in [2.45, 2.75) is 46.0 Å². The molecule has 2 rings (SSSR count). The summed E-state index contributed by atoms with van der Waals surface area (Å²) >= 11 is 0. The van der Waals surface area contributed by atoms with Gasteiger partial charge in [0.2, 0.25) is 5.88 Å². The lowest BCUT2D eigenvalue weighted by Crippen LogP contribution is -2.14. The topological polar surface area (TPSA) is 61.0 Å². The predicted molar refractivity (Wildman–Crippen MR) is 85.7 cm³/mol. The van der Waals surface area contributed by atoms with Crippen LogP contribution in [0.3, 0.4) is 0 Å². The van der Waals surface area contributed by atoms with Crippen LogP contribution in [-0.2, 0) is 11.8 Å². The zero-order valence-electron chi connectivity index (χ0n) is 13.2. The highest BCUT2D eigenvalue weighted by atomic mass is 16.5. The van der Waals surface area contributed by atoms with Gasteiger partial charge in [-0.2, -0.15) is 4.98 Å². The highest BCUT2D eigenvalue weighted by Crippen LogP contribution is 2.29. The number of nitrogens with two attached hydrogens (primary N) is 1. The van der Waals surface area contributed by atoms with Crippen molar-refractivity contribution in [2.24, 2.45) is 0 Å². The monoisotopic (exact) mass is 285 g/mol. The van der Waals surface area contributed by atoms with Gasteiger partial charge in [-0.1, -0.05) is 39.8 Å². The molecule has 112 valence electrons. The van der Waals surface area contributed by atoms with Crippen molar-refractivity contribution in [2.75, 3.05) is 5.73 Å². The fraction of sp³-hybridized carbons (Fsp3) is 0.412. The smallest absolute Gasteiger partial charge is 0.224 e. The van der Waals surface area contributed by atoms with Crippen molar-refractivity contribution in [3.8, 4) is 11.6 Å². The Kier molecular flexibility index (Phi) is 4.46. The molecule has 0 bridgehead atoms. The lowest BCUT2D eigenvalue weighted by molar-refractivity contribution is 0.457.